The van der Waals surface area contributed by atoms with Gasteiger partial charge < -0.3 is 15.0 Å². The lowest BCUT2D eigenvalue weighted by Gasteiger charge is -2.25. The SMILES string of the molecule is COCCNS(=O)(=O)c1ccc(C)c(C(=O)NCC(Cc2ccccc2)N(C)C)c1. The third kappa shape index (κ3) is 6.91. The molecule has 0 radical (unpaired) electrons. The number of nitrogens with one attached hydrogen (secondary N) is 2. The largest absolute Gasteiger partial charge is 0.383 e. The van der Waals surface area contributed by atoms with Gasteiger partial charge in [0.1, 0.15) is 0 Å². The molecule has 2 aromatic rings. The van der Waals surface area contributed by atoms with Gasteiger partial charge in [-0.2, -0.15) is 0 Å². The second kappa shape index (κ2) is 11.2. The number of aryl methyl sites for hydroxylation is 1. The van der Waals surface area contributed by atoms with E-state index < -0.39 is 10.0 Å². The van der Waals surface area contributed by atoms with Gasteiger partial charge in [0.15, 0.2) is 0 Å². The van der Waals surface area contributed by atoms with Crippen LogP contribution < -0.4 is 10.0 Å². The van der Waals surface area contributed by atoms with E-state index in [9.17, 15) is 13.2 Å². The van der Waals surface area contributed by atoms with Crippen molar-refractivity contribution < 1.29 is 17.9 Å². The normalized spacial score (nSPS) is 12.7. The van der Waals surface area contributed by atoms with Gasteiger partial charge in [-0.1, -0.05) is 36.4 Å². The molecule has 0 aliphatic rings. The Morgan fingerprint density at radius 1 is 1.13 bits per heavy atom. The van der Waals surface area contributed by atoms with E-state index in [1.54, 1.807) is 13.0 Å². The fraction of sp³-hybridized carbons (Fsp3) is 0.409. The molecule has 1 unspecified atom stereocenters. The number of likely N-dealkylation sites (N-methyl/N-ethyl adjacent to an activating group) is 1. The molecule has 0 saturated carbocycles. The number of carbonyl (C=O) groups excluding carboxylic acids is 1. The highest BCUT2D eigenvalue weighted by molar-refractivity contribution is 7.89. The molecular formula is C22H31N3O4S. The number of rotatable bonds is 11. The summed E-state index contributed by atoms with van der Waals surface area (Å²) in [6, 6.07) is 14.8. The van der Waals surface area contributed by atoms with Crippen LogP contribution in [0.3, 0.4) is 0 Å². The molecule has 0 spiro atoms. The number of benzene rings is 2. The van der Waals surface area contributed by atoms with E-state index in [4.69, 9.17) is 4.74 Å². The van der Waals surface area contributed by atoms with E-state index in [1.807, 2.05) is 32.3 Å². The van der Waals surface area contributed by atoms with Crippen LogP contribution >= 0.6 is 0 Å². The first-order valence-electron chi connectivity index (χ1n) is 9.82. The molecule has 2 rings (SSSR count). The minimum atomic E-state index is -3.71. The number of methoxy groups -OCH3 is 1. The van der Waals surface area contributed by atoms with Crippen molar-refractivity contribution in [2.24, 2.45) is 0 Å². The molecule has 8 heteroatoms. The van der Waals surface area contributed by atoms with Crippen molar-refractivity contribution in [1.29, 1.82) is 0 Å². The second-order valence-corrected chi connectivity index (χ2v) is 9.15. The first kappa shape index (κ1) is 24.0. The fourth-order valence-corrected chi connectivity index (χ4v) is 4.04. The molecule has 1 amide bonds. The predicted molar refractivity (Wildman–Crippen MR) is 118 cm³/mol. The van der Waals surface area contributed by atoms with Gasteiger partial charge >= 0.3 is 0 Å². The average molecular weight is 434 g/mol. The average Bonchev–Trinajstić information content (AvgIpc) is 2.71. The Kier molecular flexibility index (Phi) is 8.98. The second-order valence-electron chi connectivity index (χ2n) is 7.38. The lowest BCUT2D eigenvalue weighted by atomic mass is 10.0. The van der Waals surface area contributed by atoms with Crippen molar-refractivity contribution in [3.8, 4) is 0 Å². The summed E-state index contributed by atoms with van der Waals surface area (Å²) in [5, 5.41) is 2.96. The van der Waals surface area contributed by atoms with Crippen molar-refractivity contribution in [2.45, 2.75) is 24.3 Å². The van der Waals surface area contributed by atoms with Crippen LogP contribution in [0.25, 0.3) is 0 Å². The highest BCUT2D eigenvalue weighted by atomic mass is 32.2. The summed E-state index contributed by atoms with van der Waals surface area (Å²) >= 11 is 0. The van der Waals surface area contributed by atoms with Crippen molar-refractivity contribution in [3.05, 3.63) is 65.2 Å². The van der Waals surface area contributed by atoms with Crippen LogP contribution in [0, 0.1) is 6.92 Å². The Hall–Kier alpha value is -2.26. The van der Waals surface area contributed by atoms with Gasteiger partial charge in [-0.3, -0.25) is 4.79 Å². The fourth-order valence-electron chi connectivity index (χ4n) is 3.00. The highest BCUT2D eigenvalue weighted by Gasteiger charge is 2.19. The zero-order chi connectivity index (χ0) is 22.1. The quantitative estimate of drug-likeness (QED) is 0.528. The Morgan fingerprint density at radius 2 is 1.83 bits per heavy atom. The molecule has 1 atom stereocenters. The van der Waals surface area contributed by atoms with Crippen molar-refractivity contribution in [1.82, 2.24) is 14.9 Å². The third-order valence-electron chi connectivity index (χ3n) is 4.90. The van der Waals surface area contributed by atoms with E-state index in [-0.39, 0.29) is 30.0 Å². The summed E-state index contributed by atoms with van der Waals surface area (Å²) < 4.78 is 32.2. The molecule has 2 aromatic carbocycles. The molecular weight excluding hydrogens is 402 g/mol. The van der Waals surface area contributed by atoms with Gasteiger partial charge in [-0.25, -0.2) is 13.1 Å². The number of hydrogen-bond acceptors (Lipinski definition) is 5. The number of carbonyl (C=O) groups is 1. The summed E-state index contributed by atoms with van der Waals surface area (Å²) in [4.78, 5) is 14.9. The van der Waals surface area contributed by atoms with Crippen LogP contribution in [0.4, 0.5) is 0 Å². The van der Waals surface area contributed by atoms with Crippen LogP contribution in [0.2, 0.25) is 0 Å². The number of ether oxygens (including phenoxy) is 1. The van der Waals surface area contributed by atoms with Crippen molar-refractivity contribution >= 4 is 15.9 Å². The number of nitrogens with zero attached hydrogens (tertiary/aromatic N) is 1. The molecule has 0 aliphatic carbocycles. The smallest absolute Gasteiger partial charge is 0.251 e. The number of sulfonamides is 1. The third-order valence-corrected chi connectivity index (χ3v) is 6.36. The van der Waals surface area contributed by atoms with Crippen LogP contribution in [0.15, 0.2) is 53.4 Å². The molecule has 0 heterocycles. The summed E-state index contributed by atoms with van der Waals surface area (Å²) in [7, 11) is 1.74. The van der Waals surface area contributed by atoms with Gasteiger partial charge in [0, 0.05) is 31.8 Å². The van der Waals surface area contributed by atoms with E-state index in [0.717, 1.165) is 6.42 Å². The van der Waals surface area contributed by atoms with Crippen LogP contribution in [-0.4, -0.2) is 66.2 Å². The molecule has 0 bridgehead atoms. The first-order chi connectivity index (χ1) is 14.2. The predicted octanol–water partition coefficient (Wildman–Crippen LogP) is 1.82. The minimum Gasteiger partial charge on any atom is -0.383 e. The van der Waals surface area contributed by atoms with E-state index >= 15 is 0 Å². The molecule has 164 valence electrons. The van der Waals surface area contributed by atoms with Crippen LogP contribution in [-0.2, 0) is 21.2 Å². The van der Waals surface area contributed by atoms with E-state index in [2.05, 4.69) is 27.1 Å². The number of amides is 1. The lowest BCUT2D eigenvalue weighted by Crippen LogP contribution is -2.41. The topological polar surface area (TPSA) is 87.7 Å². The zero-order valence-electron chi connectivity index (χ0n) is 18.0. The standard InChI is InChI=1S/C22H31N3O4S/c1-17-10-11-20(30(27,28)24-12-13-29-4)15-21(17)22(26)23-16-19(25(2)3)14-18-8-6-5-7-9-18/h5-11,15,19,24H,12-14,16H2,1-4H3,(H,23,26). The summed E-state index contributed by atoms with van der Waals surface area (Å²) in [5.41, 5.74) is 2.26. The monoisotopic (exact) mass is 433 g/mol. The minimum absolute atomic E-state index is 0.0581. The molecule has 0 saturated heterocycles. The van der Waals surface area contributed by atoms with E-state index in [0.29, 0.717) is 17.7 Å². The molecule has 30 heavy (non-hydrogen) atoms. The molecule has 0 aliphatic heterocycles. The van der Waals surface area contributed by atoms with E-state index in [1.165, 1.54) is 24.8 Å². The number of hydrogen-bond donors (Lipinski definition) is 2. The Balaban J connectivity index is 2.10. The highest BCUT2D eigenvalue weighted by Crippen LogP contribution is 2.16. The Morgan fingerprint density at radius 3 is 2.47 bits per heavy atom. The Bertz CT molecular complexity index is 931. The van der Waals surface area contributed by atoms with Crippen molar-refractivity contribution in [3.63, 3.8) is 0 Å². The maximum atomic E-state index is 12.8. The maximum absolute atomic E-state index is 12.8. The van der Waals surface area contributed by atoms with Crippen LogP contribution in [0.1, 0.15) is 21.5 Å². The molecule has 2 N–H and O–H groups in total. The van der Waals surface area contributed by atoms with Crippen LogP contribution in [0.5, 0.6) is 0 Å². The molecule has 0 aromatic heterocycles. The van der Waals surface area contributed by atoms with Gasteiger partial charge in [-0.15, -0.1) is 0 Å². The van der Waals surface area contributed by atoms with Crippen molar-refractivity contribution in [2.75, 3.05) is 40.9 Å². The Labute approximate surface area is 179 Å². The van der Waals surface area contributed by atoms with Gasteiger partial charge in [0.2, 0.25) is 10.0 Å². The van der Waals surface area contributed by atoms with Gasteiger partial charge in [-0.05, 0) is 50.7 Å². The lowest BCUT2D eigenvalue weighted by molar-refractivity contribution is 0.0941. The summed E-state index contributed by atoms with van der Waals surface area (Å²) in [6.07, 6.45) is 0.797. The van der Waals surface area contributed by atoms with Gasteiger partial charge in [0.25, 0.3) is 5.91 Å². The first-order valence-corrected chi connectivity index (χ1v) is 11.3. The molecule has 7 nitrogen and oxygen atoms in total. The summed E-state index contributed by atoms with van der Waals surface area (Å²) in [5.74, 6) is -0.290. The zero-order valence-corrected chi connectivity index (χ0v) is 18.8. The molecule has 0 fully saturated rings. The van der Waals surface area contributed by atoms with Gasteiger partial charge in [0.05, 0.1) is 11.5 Å². The summed E-state index contributed by atoms with van der Waals surface area (Å²) in [6.45, 7) is 2.67. The maximum Gasteiger partial charge on any atom is 0.251 e.